The molecule has 116 valence electrons. The average Bonchev–Trinajstić information content (AvgIpc) is 2.63. The van der Waals surface area contributed by atoms with E-state index in [1.165, 1.54) is 5.56 Å². The molecule has 1 heterocycles. The summed E-state index contributed by atoms with van der Waals surface area (Å²) in [7, 11) is 0. The molecule has 4 heteroatoms. The number of nitrogens with zero attached hydrogens (tertiary/aromatic N) is 2. The summed E-state index contributed by atoms with van der Waals surface area (Å²) >= 11 is 0. The maximum Gasteiger partial charge on any atom is 0.415 e. The molecule has 1 fully saturated rings. The largest absolute Gasteiger partial charge is 0.415 e. The Labute approximate surface area is 135 Å². The van der Waals surface area contributed by atoms with Crippen molar-refractivity contribution in [3.8, 4) is 11.8 Å². The summed E-state index contributed by atoms with van der Waals surface area (Å²) in [4.78, 5) is 14.0. The minimum absolute atomic E-state index is 0.341. The Bertz CT molecular complexity index is 714. The number of likely N-dealkylation sites (tertiary alicyclic amines) is 1. The first-order chi connectivity index (χ1) is 11.3. The molecular formula is C19H18N2O2. The maximum absolute atomic E-state index is 12.2. The van der Waals surface area contributed by atoms with Crippen LogP contribution in [0, 0.1) is 11.3 Å². The van der Waals surface area contributed by atoms with Gasteiger partial charge in [-0.1, -0.05) is 36.4 Å². The second-order valence-electron chi connectivity index (χ2n) is 5.68. The number of hydrogen-bond acceptors (Lipinski definition) is 3. The lowest BCUT2D eigenvalue weighted by Crippen LogP contribution is -2.39. The van der Waals surface area contributed by atoms with Crippen molar-refractivity contribution >= 4 is 6.09 Å². The Kier molecular flexibility index (Phi) is 4.58. The minimum atomic E-state index is -0.341. The summed E-state index contributed by atoms with van der Waals surface area (Å²) in [6, 6.07) is 19.1. The van der Waals surface area contributed by atoms with Gasteiger partial charge in [0.15, 0.2) is 0 Å². The highest BCUT2D eigenvalue weighted by Gasteiger charge is 2.24. The molecule has 0 unspecified atom stereocenters. The topological polar surface area (TPSA) is 53.3 Å². The Morgan fingerprint density at radius 2 is 1.83 bits per heavy atom. The fourth-order valence-corrected chi connectivity index (χ4v) is 2.92. The van der Waals surface area contributed by atoms with Crippen LogP contribution >= 0.6 is 0 Å². The molecular weight excluding hydrogens is 288 g/mol. The Hall–Kier alpha value is -2.80. The summed E-state index contributed by atoms with van der Waals surface area (Å²) < 4.78 is 5.37. The number of benzene rings is 2. The van der Waals surface area contributed by atoms with Gasteiger partial charge in [0, 0.05) is 13.1 Å². The highest BCUT2D eigenvalue weighted by molar-refractivity contribution is 5.71. The molecule has 0 N–H and O–H groups in total. The molecule has 2 aromatic carbocycles. The molecule has 0 spiro atoms. The van der Waals surface area contributed by atoms with Crippen LogP contribution in [0.4, 0.5) is 4.79 Å². The van der Waals surface area contributed by atoms with E-state index in [1.54, 1.807) is 29.2 Å². The molecule has 1 aliphatic rings. The van der Waals surface area contributed by atoms with Crippen LogP contribution in [-0.4, -0.2) is 24.1 Å². The Balaban J connectivity index is 1.57. The van der Waals surface area contributed by atoms with Crippen molar-refractivity contribution in [1.29, 1.82) is 5.26 Å². The molecule has 3 rings (SSSR count). The number of hydrogen-bond donors (Lipinski definition) is 0. The molecule has 1 saturated heterocycles. The van der Waals surface area contributed by atoms with Crippen LogP contribution in [0.25, 0.3) is 0 Å². The smallest absolute Gasteiger partial charge is 0.410 e. The van der Waals surface area contributed by atoms with E-state index in [9.17, 15) is 4.79 Å². The van der Waals surface area contributed by atoms with E-state index in [4.69, 9.17) is 10.00 Å². The number of nitriles is 1. The highest BCUT2D eigenvalue weighted by atomic mass is 16.6. The molecule has 0 atom stereocenters. The number of ether oxygens (including phenoxy) is 1. The monoisotopic (exact) mass is 306 g/mol. The standard InChI is InChI=1S/C19H18N2O2/c20-14-15-5-4-8-18(13-15)23-19(22)21-11-9-17(10-12-21)16-6-2-1-3-7-16/h1-8,13,17H,9-12H2. The van der Waals surface area contributed by atoms with E-state index in [0.29, 0.717) is 30.3 Å². The van der Waals surface area contributed by atoms with Crippen LogP contribution in [0.15, 0.2) is 54.6 Å². The van der Waals surface area contributed by atoms with Gasteiger partial charge in [0.05, 0.1) is 11.6 Å². The lowest BCUT2D eigenvalue weighted by Gasteiger charge is -2.31. The van der Waals surface area contributed by atoms with E-state index in [-0.39, 0.29) is 6.09 Å². The van der Waals surface area contributed by atoms with Crippen molar-refractivity contribution in [2.45, 2.75) is 18.8 Å². The molecule has 2 aromatic rings. The van der Waals surface area contributed by atoms with Crippen LogP contribution in [0.2, 0.25) is 0 Å². The van der Waals surface area contributed by atoms with Crippen molar-refractivity contribution in [1.82, 2.24) is 4.90 Å². The molecule has 0 radical (unpaired) electrons. The lowest BCUT2D eigenvalue weighted by atomic mass is 9.90. The van der Waals surface area contributed by atoms with Gasteiger partial charge >= 0.3 is 6.09 Å². The normalized spacial score (nSPS) is 15.0. The zero-order valence-electron chi connectivity index (χ0n) is 12.8. The molecule has 23 heavy (non-hydrogen) atoms. The zero-order chi connectivity index (χ0) is 16.1. The summed E-state index contributed by atoms with van der Waals surface area (Å²) in [5.41, 5.74) is 1.82. The van der Waals surface area contributed by atoms with Crippen LogP contribution in [-0.2, 0) is 0 Å². The number of rotatable bonds is 2. The van der Waals surface area contributed by atoms with E-state index >= 15 is 0 Å². The second kappa shape index (κ2) is 6.97. The van der Waals surface area contributed by atoms with Gasteiger partial charge in [0.1, 0.15) is 5.75 Å². The summed E-state index contributed by atoms with van der Waals surface area (Å²) in [6.45, 7) is 1.38. The van der Waals surface area contributed by atoms with Gasteiger partial charge in [-0.2, -0.15) is 5.26 Å². The van der Waals surface area contributed by atoms with Gasteiger partial charge in [-0.05, 0) is 42.5 Å². The van der Waals surface area contributed by atoms with Crippen molar-refractivity contribution in [3.63, 3.8) is 0 Å². The number of amides is 1. The SMILES string of the molecule is N#Cc1cccc(OC(=O)N2CCC(c3ccccc3)CC2)c1. The van der Waals surface area contributed by atoms with Crippen molar-refractivity contribution in [2.24, 2.45) is 0 Å². The first-order valence-corrected chi connectivity index (χ1v) is 7.78. The summed E-state index contributed by atoms with van der Waals surface area (Å²) in [5.74, 6) is 0.918. The summed E-state index contributed by atoms with van der Waals surface area (Å²) in [6.07, 6.45) is 1.54. The number of carbonyl (C=O) groups is 1. The third-order valence-corrected chi connectivity index (χ3v) is 4.19. The molecule has 0 saturated carbocycles. The molecule has 0 aromatic heterocycles. The van der Waals surface area contributed by atoms with Crippen LogP contribution < -0.4 is 4.74 Å². The first-order valence-electron chi connectivity index (χ1n) is 7.78. The van der Waals surface area contributed by atoms with E-state index in [2.05, 4.69) is 24.3 Å². The molecule has 0 aliphatic carbocycles. The van der Waals surface area contributed by atoms with Crippen molar-refractivity contribution < 1.29 is 9.53 Å². The second-order valence-corrected chi connectivity index (χ2v) is 5.68. The van der Waals surface area contributed by atoms with Gasteiger partial charge in [-0.3, -0.25) is 0 Å². The molecule has 0 bridgehead atoms. The third-order valence-electron chi connectivity index (χ3n) is 4.19. The fraction of sp³-hybridized carbons (Fsp3) is 0.263. The fourth-order valence-electron chi connectivity index (χ4n) is 2.92. The van der Waals surface area contributed by atoms with Gasteiger partial charge in [0.2, 0.25) is 0 Å². The lowest BCUT2D eigenvalue weighted by molar-refractivity contribution is 0.138. The van der Waals surface area contributed by atoms with E-state index < -0.39 is 0 Å². The first kappa shape index (κ1) is 15.1. The van der Waals surface area contributed by atoms with E-state index in [0.717, 1.165) is 12.8 Å². The van der Waals surface area contributed by atoms with Crippen LogP contribution in [0.3, 0.4) is 0 Å². The quantitative estimate of drug-likeness (QED) is 0.844. The zero-order valence-corrected chi connectivity index (χ0v) is 12.8. The molecule has 4 nitrogen and oxygen atoms in total. The van der Waals surface area contributed by atoms with Gasteiger partial charge in [-0.15, -0.1) is 0 Å². The Morgan fingerprint density at radius 3 is 2.52 bits per heavy atom. The van der Waals surface area contributed by atoms with E-state index in [1.807, 2.05) is 12.1 Å². The minimum Gasteiger partial charge on any atom is -0.410 e. The molecule has 1 aliphatic heterocycles. The average molecular weight is 306 g/mol. The van der Waals surface area contributed by atoms with Crippen LogP contribution in [0.1, 0.15) is 29.9 Å². The van der Waals surface area contributed by atoms with Crippen molar-refractivity contribution in [2.75, 3.05) is 13.1 Å². The Morgan fingerprint density at radius 1 is 1.09 bits per heavy atom. The predicted molar refractivity (Wildman–Crippen MR) is 87.2 cm³/mol. The van der Waals surface area contributed by atoms with Gasteiger partial charge in [0.25, 0.3) is 0 Å². The predicted octanol–water partition coefficient (Wildman–Crippen LogP) is 3.94. The number of carbonyl (C=O) groups excluding carboxylic acids is 1. The highest BCUT2D eigenvalue weighted by Crippen LogP contribution is 2.28. The van der Waals surface area contributed by atoms with Gasteiger partial charge < -0.3 is 9.64 Å². The summed E-state index contributed by atoms with van der Waals surface area (Å²) in [5, 5.41) is 8.88. The maximum atomic E-state index is 12.2. The third kappa shape index (κ3) is 3.70. The van der Waals surface area contributed by atoms with Crippen LogP contribution in [0.5, 0.6) is 5.75 Å². The van der Waals surface area contributed by atoms with Gasteiger partial charge in [-0.25, -0.2) is 4.79 Å². The number of piperidine rings is 1. The molecule has 1 amide bonds. The van der Waals surface area contributed by atoms with Crippen molar-refractivity contribution in [3.05, 3.63) is 65.7 Å².